The van der Waals surface area contributed by atoms with Gasteiger partial charge in [-0.05, 0) is 18.2 Å². The zero-order valence-electron chi connectivity index (χ0n) is 6.56. The van der Waals surface area contributed by atoms with Gasteiger partial charge in [0.2, 0.25) is 5.91 Å². The summed E-state index contributed by atoms with van der Waals surface area (Å²) >= 11 is 0. The van der Waals surface area contributed by atoms with Gasteiger partial charge in [-0.15, -0.1) is 12.4 Å². The number of halogens is 1. The third-order valence-corrected chi connectivity index (χ3v) is 1.61. The molecule has 0 aliphatic heterocycles. The van der Waals surface area contributed by atoms with Crippen molar-refractivity contribution in [3.63, 3.8) is 0 Å². The van der Waals surface area contributed by atoms with Crippen LogP contribution in [0.5, 0.6) is 0 Å². The Labute approximate surface area is 80.1 Å². The average Bonchev–Trinajstić information content (AvgIpc) is 2.49. The number of hydrogen-bond acceptors (Lipinski definition) is 3. The molecule has 68 valence electrons. The molecule has 0 radical (unpaired) electrons. The minimum Gasteiger partial charge on any atom is -0.443 e. The van der Waals surface area contributed by atoms with E-state index < -0.39 is 5.91 Å². The van der Waals surface area contributed by atoms with Gasteiger partial charge in [0.15, 0.2) is 12.0 Å². The lowest BCUT2D eigenvalue weighted by Crippen LogP contribution is -2.10. The second-order valence-corrected chi connectivity index (χ2v) is 2.40. The van der Waals surface area contributed by atoms with E-state index in [2.05, 4.69) is 4.98 Å². The number of nitrogens with zero attached hydrogens (tertiary/aromatic N) is 1. The fourth-order valence-electron chi connectivity index (χ4n) is 1.01. The van der Waals surface area contributed by atoms with E-state index in [1.807, 2.05) is 0 Å². The van der Waals surface area contributed by atoms with Gasteiger partial charge < -0.3 is 10.2 Å². The Bertz CT molecular complexity index is 438. The van der Waals surface area contributed by atoms with Crippen LogP contribution < -0.4 is 5.73 Å². The highest BCUT2D eigenvalue weighted by molar-refractivity contribution is 5.95. The van der Waals surface area contributed by atoms with Crippen LogP contribution >= 0.6 is 12.4 Å². The predicted octanol–water partition coefficient (Wildman–Crippen LogP) is 1.35. The summed E-state index contributed by atoms with van der Waals surface area (Å²) in [6, 6.07) is 4.87. The number of carbonyl (C=O) groups excluding carboxylic acids is 1. The van der Waals surface area contributed by atoms with Crippen LogP contribution in [0.1, 0.15) is 10.4 Å². The average molecular weight is 199 g/mol. The van der Waals surface area contributed by atoms with Crippen molar-refractivity contribution in [1.82, 2.24) is 4.98 Å². The molecule has 0 aliphatic carbocycles. The fraction of sp³-hybridized carbons (Fsp3) is 0. The monoisotopic (exact) mass is 198 g/mol. The first-order valence-electron chi connectivity index (χ1n) is 3.40. The van der Waals surface area contributed by atoms with Crippen LogP contribution in [-0.2, 0) is 0 Å². The molecule has 0 bridgehead atoms. The van der Waals surface area contributed by atoms with Crippen molar-refractivity contribution in [2.75, 3.05) is 0 Å². The number of nitrogens with two attached hydrogens (primary N) is 1. The maximum atomic E-state index is 10.7. The zero-order chi connectivity index (χ0) is 8.55. The van der Waals surface area contributed by atoms with Crippen molar-refractivity contribution in [3.05, 3.63) is 30.2 Å². The highest BCUT2D eigenvalue weighted by Gasteiger charge is 2.03. The Morgan fingerprint density at radius 3 is 2.92 bits per heavy atom. The Morgan fingerprint density at radius 2 is 2.23 bits per heavy atom. The summed E-state index contributed by atoms with van der Waals surface area (Å²) in [5, 5.41) is 0. The number of oxazole rings is 1. The number of benzene rings is 1. The van der Waals surface area contributed by atoms with Crippen LogP contribution in [0.3, 0.4) is 0 Å². The highest BCUT2D eigenvalue weighted by atomic mass is 35.5. The molecule has 2 rings (SSSR count). The van der Waals surface area contributed by atoms with E-state index >= 15 is 0 Å². The smallest absolute Gasteiger partial charge is 0.248 e. The van der Waals surface area contributed by atoms with Crippen molar-refractivity contribution in [3.8, 4) is 0 Å². The first kappa shape index (κ1) is 9.54. The molecule has 2 aromatic rings. The van der Waals surface area contributed by atoms with E-state index in [4.69, 9.17) is 10.2 Å². The van der Waals surface area contributed by atoms with Crippen molar-refractivity contribution in [2.24, 2.45) is 5.73 Å². The van der Waals surface area contributed by atoms with Crippen molar-refractivity contribution in [1.29, 1.82) is 0 Å². The molecule has 0 saturated heterocycles. The van der Waals surface area contributed by atoms with Crippen LogP contribution in [0, 0.1) is 0 Å². The number of aromatic nitrogens is 1. The van der Waals surface area contributed by atoms with Gasteiger partial charge in [-0.2, -0.15) is 0 Å². The molecule has 1 aromatic carbocycles. The summed E-state index contributed by atoms with van der Waals surface area (Å²) in [6.07, 6.45) is 1.33. The number of carbonyl (C=O) groups is 1. The standard InChI is InChI=1S/C8H6N2O2.ClH/c9-8(11)5-1-2-7-6(3-5)10-4-12-7;/h1-4H,(H2,9,11);1H. The lowest BCUT2D eigenvalue weighted by Gasteiger charge is -1.92. The third-order valence-electron chi connectivity index (χ3n) is 1.61. The largest absolute Gasteiger partial charge is 0.443 e. The van der Waals surface area contributed by atoms with Crippen LogP contribution in [0.4, 0.5) is 0 Å². The van der Waals surface area contributed by atoms with Gasteiger partial charge in [0.1, 0.15) is 5.52 Å². The molecule has 1 heterocycles. The van der Waals surface area contributed by atoms with Gasteiger partial charge in [0.05, 0.1) is 0 Å². The van der Waals surface area contributed by atoms with E-state index in [0.717, 1.165) is 0 Å². The summed E-state index contributed by atoms with van der Waals surface area (Å²) < 4.78 is 4.99. The topological polar surface area (TPSA) is 69.1 Å². The SMILES string of the molecule is Cl.NC(=O)c1ccc2ocnc2c1. The second-order valence-electron chi connectivity index (χ2n) is 2.40. The molecule has 1 amide bonds. The third kappa shape index (κ3) is 1.62. The normalized spacial score (nSPS) is 9.54. The molecule has 0 spiro atoms. The van der Waals surface area contributed by atoms with E-state index in [0.29, 0.717) is 16.7 Å². The van der Waals surface area contributed by atoms with E-state index in [1.54, 1.807) is 18.2 Å². The molecule has 0 saturated carbocycles. The van der Waals surface area contributed by atoms with Crippen molar-refractivity contribution in [2.45, 2.75) is 0 Å². The highest BCUT2D eigenvalue weighted by Crippen LogP contribution is 2.13. The maximum Gasteiger partial charge on any atom is 0.248 e. The van der Waals surface area contributed by atoms with Crippen molar-refractivity contribution < 1.29 is 9.21 Å². The Balaban J connectivity index is 0.000000845. The minimum absolute atomic E-state index is 0. The summed E-state index contributed by atoms with van der Waals surface area (Å²) in [4.78, 5) is 14.6. The van der Waals surface area contributed by atoms with Crippen LogP contribution in [0.15, 0.2) is 29.0 Å². The van der Waals surface area contributed by atoms with Crippen molar-refractivity contribution >= 4 is 29.4 Å². The lowest BCUT2D eigenvalue weighted by atomic mass is 10.2. The zero-order valence-corrected chi connectivity index (χ0v) is 7.38. The molecular formula is C8H7ClN2O2. The Morgan fingerprint density at radius 1 is 1.46 bits per heavy atom. The lowest BCUT2D eigenvalue weighted by molar-refractivity contribution is 0.100. The number of rotatable bonds is 1. The first-order valence-corrected chi connectivity index (χ1v) is 3.40. The summed E-state index contributed by atoms with van der Waals surface area (Å²) in [5.41, 5.74) is 6.81. The van der Waals surface area contributed by atoms with Gasteiger partial charge in [-0.25, -0.2) is 4.98 Å². The van der Waals surface area contributed by atoms with Gasteiger partial charge >= 0.3 is 0 Å². The van der Waals surface area contributed by atoms with Crippen LogP contribution in [-0.4, -0.2) is 10.9 Å². The molecular weight excluding hydrogens is 192 g/mol. The Hall–Kier alpha value is -1.55. The molecule has 5 heteroatoms. The summed E-state index contributed by atoms with van der Waals surface area (Å²) in [6.45, 7) is 0. The van der Waals surface area contributed by atoms with Gasteiger partial charge in [0.25, 0.3) is 0 Å². The molecule has 0 atom stereocenters. The second kappa shape index (κ2) is 3.45. The number of amides is 1. The van der Waals surface area contributed by atoms with E-state index in [1.165, 1.54) is 6.39 Å². The minimum atomic E-state index is -0.458. The van der Waals surface area contributed by atoms with E-state index in [9.17, 15) is 4.79 Å². The maximum absolute atomic E-state index is 10.7. The molecule has 4 nitrogen and oxygen atoms in total. The van der Waals surface area contributed by atoms with Crippen LogP contribution in [0.2, 0.25) is 0 Å². The molecule has 0 aliphatic rings. The summed E-state index contributed by atoms with van der Waals surface area (Å²) in [5.74, 6) is -0.458. The molecule has 0 unspecified atom stereocenters. The van der Waals surface area contributed by atoms with Crippen LogP contribution in [0.25, 0.3) is 11.1 Å². The number of fused-ring (bicyclic) bond motifs is 1. The molecule has 0 fully saturated rings. The van der Waals surface area contributed by atoms with Gasteiger partial charge in [-0.3, -0.25) is 4.79 Å². The van der Waals surface area contributed by atoms with E-state index in [-0.39, 0.29) is 12.4 Å². The quantitative estimate of drug-likeness (QED) is 0.752. The number of primary amides is 1. The van der Waals surface area contributed by atoms with Gasteiger partial charge in [0, 0.05) is 5.56 Å². The Kier molecular flexibility index (Phi) is 2.53. The van der Waals surface area contributed by atoms with Gasteiger partial charge in [-0.1, -0.05) is 0 Å². The molecule has 2 N–H and O–H groups in total. The summed E-state index contributed by atoms with van der Waals surface area (Å²) in [7, 11) is 0. The number of hydrogen-bond donors (Lipinski definition) is 1. The predicted molar refractivity (Wildman–Crippen MR) is 49.8 cm³/mol. The first-order chi connectivity index (χ1) is 5.77. The molecule has 13 heavy (non-hydrogen) atoms. The molecule has 1 aromatic heterocycles. The fourth-order valence-corrected chi connectivity index (χ4v) is 1.01.